The first-order valence-corrected chi connectivity index (χ1v) is 3.91. The van der Waals surface area contributed by atoms with Gasteiger partial charge in [0, 0.05) is 6.07 Å². The van der Waals surface area contributed by atoms with Crippen LogP contribution in [0.1, 0.15) is 10.4 Å². The average molecular weight is 243 g/mol. The summed E-state index contributed by atoms with van der Waals surface area (Å²) in [5, 5.41) is 8.32. The van der Waals surface area contributed by atoms with Crippen molar-refractivity contribution in [1.29, 1.82) is 0 Å². The highest BCUT2D eigenvalue weighted by atomic mass is 35.5. The number of phenols is 1. The number of rotatable bonds is 1. The van der Waals surface area contributed by atoms with Crippen molar-refractivity contribution in [2.24, 2.45) is 0 Å². The van der Waals surface area contributed by atoms with Crippen LogP contribution in [0.4, 0.5) is 17.6 Å². The second-order valence-corrected chi connectivity index (χ2v) is 3.02. The maximum atomic E-state index is 12.9. The Hall–Kier alpha value is -1.30. The van der Waals surface area contributed by atoms with Gasteiger partial charge in [0.15, 0.2) is 0 Å². The van der Waals surface area contributed by atoms with Gasteiger partial charge in [0.1, 0.15) is 11.6 Å². The van der Waals surface area contributed by atoms with Crippen LogP contribution in [0.15, 0.2) is 12.1 Å². The van der Waals surface area contributed by atoms with Crippen LogP contribution in [0.3, 0.4) is 0 Å². The molecule has 0 unspecified atom stereocenters. The minimum atomic E-state index is -5.18. The standard InChI is InChI=1S/C8H3ClF4O2/c9-4-1-3(5(10)2-6(4)14)7(15)8(11,12)13/h1-2,14H. The molecule has 0 saturated carbocycles. The summed E-state index contributed by atoms with van der Waals surface area (Å²) < 4.78 is 48.6. The van der Waals surface area contributed by atoms with Crippen molar-refractivity contribution >= 4 is 17.4 Å². The van der Waals surface area contributed by atoms with E-state index in [1.54, 1.807) is 0 Å². The van der Waals surface area contributed by atoms with Gasteiger partial charge in [-0.05, 0) is 6.07 Å². The van der Waals surface area contributed by atoms with Crippen molar-refractivity contribution in [1.82, 2.24) is 0 Å². The van der Waals surface area contributed by atoms with Gasteiger partial charge in [-0.25, -0.2) is 4.39 Å². The monoisotopic (exact) mass is 242 g/mol. The minimum Gasteiger partial charge on any atom is -0.506 e. The SMILES string of the molecule is O=C(c1cc(Cl)c(O)cc1F)C(F)(F)F. The Bertz CT molecular complexity index is 414. The van der Waals surface area contributed by atoms with E-state index >= 15 is 0 Å². The number of carbonyl (C=O) groups excluding carboxylic acids is 1. The summed E-state index contributed by atoms with van der Waals surface area (Å²) in [6.07, 6.45) is -5.18. The minimum absolute atomic E-state index is 0.349. The fourth-order valence-electron chi connectivity index (χ4n) is 0.863. The Morgan fingerprint density at radius 2 is 1.87 bits per heavy atom. The van der Waals surface area contributed by atoms with Crippen molar-refractivity contribution in [2.45, 2.75) is 6.18 Å². The quantitative estimate of drug-likeness (QED) is 0.607. The zero-order chi connectivity index (χ0) is 11.8. The lowest BCUT2D eigenvalue weighted by Gasteiger charge is -2.07. The molecular formula is C8H3ClF4O2. The molecule has 0 radical (unpaired) electrons. The van der Waals surface area contributed by atoms with Crippen molar-refractivity contribution in [3.63, 3.8) is 0 Å². The van der Waals surface area contributed by atoms with E-state index in [0.29, 0.717) is 12.1 Å². The molecule has 1 N–H and O–H groups in total. The lowest BCUT2D eigenvalue weighted by Crippen LogP contribution is -2.23. The van der Waals surface area contributed by atoms with E-state index in [2.05, 4.69) is 0 Å². The first-order valence-electron chi connectivity index (χ1n) is 3.53. The summed E-state index contributed by atoms with van der Waals surface area (Å²) in [5.74, 6) is -4.55. The zero-order valence-corrected chi connectivity index (χ0v) is 7.66. The number of halogens is 5. The molecule has 1 aromatic carbocycles. The number of carbonyl (C=O) groups is 1. The zero-order valence-electron chi connectivity index (χ0n) is 6.90. The molecule has 0 saturated heterocycles. The van der Waals surface area contributed by atoms with Gasteiger partial charge in [-0.1, -0.05) is 11.6 Å². The first-order chi connectivity index (χ1) is 6.73. The Balaban J connectivity index is 3.28. The molecule has 2 nitrogen and oxygen atoms in total. The molecular weight excluding hydrogens is 240 g/mol. The number of Topliss-reactive ketones (excluding diaryl/α,β-unsaturated/α-hetero) is 1. The molecule has 0 aliphatic heterocycles. The Kier molecular flexibility index (Phi) is 2.90. The average Bonchev–Trinajstić information content (AvgIpc) is 2.08. The number of alkyl halides is 3. The molecule has 0 spiro atoms. The van der Waals surface area contributed by atoms with Crippen molar-refractivity contribution in [3.05, 3.63) is 28.5 Å². The Labute approximate surface area is 86.1 Å². The molecule has 0 aliphatic rings. The number of benzene rings is 1. The van der Waals surface area contributed by atoms with E-state index in [4.69, 9.17) is 16.7 Å². The van der Waals surface area contributed by atoms with Gasteiger partial charge in [-0.15, -0.1) is 0 Å². The topological polar surface area (TPSA) is 37.3 Å². The number of ketones is 1. The van der Waals surface area contributed by atoms with Crippen LogP contribution < -0.4 is 0 Å². The largest absolute Gasteiger partial charge is 0.506 e. The molecule has 15 heavy (non-hydrogen) atoms. The van der Waals surface area contributed by atoms with Gasteiger partial charge < -0.3 is 5.11 Å². The highest BCUT2D eigenvalue weighted by molar-refractivity contribution is 6.32. The van der Waals surface area contributed by atoms with Gasteiger partial charge >= 0.3 is 6.18 Å². The Morgan fingerprint density at radius 1 is 1.33 bits per heavy atom. The number of phenolic OH excluding ortho intramolecular Hbond substituents is 1. The van der Waals surface area contributed by atoms with Crippen LogP contribution >= 0.6 is 11.6 Å². The molecule has 0 heterocycles. The third-order valence-corrected chi connectivity index (χ3v) is 1.84. The van der Waals surface area contributed by atoms with E-state index in [-0.39, 0.29) is 0 Å². The van der Waals surface area contributed by atoms with E-state index in [1.807, 2.05) is 0 Å². The number of hydrogen-bond acceptors (Lipinski definition) is 2. The highest BCUT2D eigenvalue weighted by Gasteiger charge is 2.41. The second-order valence-electron chi connectivity index (χ2n) is 2.61. The molecule has 1 aromatic rings. The smallest absolute Gasteiger partial charge is 0.454 e. The number of aromatic hydroxyl groups is 1. The van der Waals surface area contributed by atoms with E-state index in [9.17, 15) is 22.4 Å². The van der Waals surface area contributed by atoms with Crippen molar-refractivity contribution < 1.29 is 27.5 Å². The normalized spacial score (nSPS) is 11.5. The first kappa shape index (κ1) is 11.8. The van der Waals surface area contributed by atoms with E-state index in [0.717, 1.165) is 0 Å². The van der Waals surface area contributed by atoms with E-state index < -0.39 is 34.1 Å². The molecule has 82 valence electrons. The summed E-state index contributed by atoms with van der Waals surface area (Å²) >= 11 is 5.24. The van der Waals surface area contributed by atoms with Crippen molar-refractivity contribution in [3.8, 4) is 5.75 Å². The fourth-order valence-corrected chi connectivity index (χ4v) is 1.03. The third-order valence-electron chi connectivity index (χ3n) is 1.54. The van der Waals surface area contributed by atoms with Crippen LogP contribution in [0.5, 0.6) is 5.75 Å². The summed E-state index contributed by atoms with van der Waals surface area (Å²) in [6, 6.07) is 0.781. The van der Waals surface area contributed by atoms with Crippen molar-refractivity contribution in [2.75, 3.05) is 0 Å². The summed E-state index contributed by atoms with van der Waals surface area (Å²) in [6.45, 7) is 0. The summed E-state index contributed by atoms with van der Waals surface area (Å²) in [7, 11) is 0. The molecule has 7 heteroatoms. The maximum Gasteiger partial charge on any atom is 0.454 e. The van der Waals surface area contributed by atoms with Crippen LogP contribution in [0.25, 0.3) is 0 Å². The Morgan fingerprint density at radius 3 is 2.33 bits per heavy atom. The molecule has 0 aliphatic carbocycles. The molecule has 0 amide bonds. The van der Waals surface area contributed by atoms with Crippen LogP contribution in [-0.4, -0.2) is 17.1 Å². The predicted molar refractivity (Wildman–Crippen MR) is 43.5 cm³/mol. The second kappa shape index (κ2) is 3.69. The number of hydrogen-bond donors (Lipinski definition) is 1. The molecule has 0 fully saturated rings. The molecule has 0 aromatic heterocycles. The van der Waals surface area contributed by atoms with Crippen LogP contribution in [0, 0.1) is 5.82 Å². The van der Waals surface area contributed by atoms with Gasteiger partial charge in [0.05, 0.1) is 10.6 Å². The fraction of sp³-hybridized carbons (Fsp3) is 0.125. The van der Waals surface area contributed by atoms with Crippen LogP contribution in [-0.2, 0) is 0 Å². The van der Waals surface area contributed by atoms with E-state index in [1.165, 1.54) is 0 Å². The van der Waals surface area contributed by atoms with Gasteiger partial charge in [-0.3, -0.25) is 4.79 Å². The van der Waals surface area contributed by atoms with Gasteiger partial charge in [-0.2, -0.15) is 13.2 Å². The summed E-state index contributed by atoms with van der Waals surface area (Å²) in [5.41, 5.74) is -1.22. The molecule has 1 rings (SSSR count). The molecule has 0 bridgehead atoms. The third kappa shape index (κ3) is 2.38. The predicted octanol–water partition coefficient (Wildman–Crippen LogP) is 2.93. The van der Waals surface area contributed by atoms with Gasteiger partial charge in [0.2, 0.25) is 0 Å². The highest BCUT2D eigenvalue weighted by Crippen LogP contribution is 2.30. The maximum absolute atomic E-state index is 12.9. The molecule has 0 atom stereocenters. The lowest BCUT2D eigenvalue weighted by atomic mass is 10.1. The van der Waals surface area contributed by atoms with Crippen LogP contribution in [0.2, 0.25) is 5.02 Å². The lowest BCUT2D eigenvalue weighted by molar-refractivity contribution is -0.0887. The summed E-state index contributed by atoms with van der Waals surface area (Å²) in [4.78, 5) is 10.6. The van der Waals surface area contributed by atoms with Gasteiger partial charge in [0.25, 0.3) is 5.78 Å².